The zero-order valence-electron chi connectivity index (χ0n) is 14.3. The van der Waals surface area contributed by atoms with E-state index in [-0.39, 0.29) is 10.6 Å². The maximum absolute atomic E-state index is 13.5. The summed E-state index contributed by atoms with van der Waals surface area (Å²) in [5.41, 5.74) is 2.22. The summed E-state index contributed by atoms with van der Waals surface area (Å²) in [5.74, 6) is 0.128. The molecule has 134 valence electrons. The Balaban J connectivity index is 2.42. The summed E-state index contributed by atoms with van der Waals surface area (Å²) in [6.07, 6.45) is 0. The third-order valence-electron chi connectivity index (χ3n) is 4.11. The van der Waals surface area contributed by atoms with Crippen molar-refractivity contribution in [2.75, 3.05) is 7.11 Å². The van der Waals surface area contributed by atoms with E-state index in [2.05, 4.69) is 5.10 Å². The molecule has 0 bridgehead atoms. The van der Waals surface area contributed by atoms with Gasteiger partial charge in [0.15, 0.2) is 0 Å². The molecule has 4 nitrogen and oxygen atoms in total. The fourth-order valence-electron chi connectivity index (χ4n) is 2.80. The summed E-state index contributed by atoms with van der Waals surface area (Å²) in [6, 6.07) is 9.16. The third-order valence-corrected chi connectivity index (χ3v) is 4.75. The van der Waals surface area contributed by atoms with Gasteiger partial charge in [0.1, 0.15) is 17.3 Å². The number of aryl methyl sites for hydroxylation is 1. The lowest BCUT2D eigenvalue weighted by molar-refractivity contribution is 0.415. The Kier molecular flexibility index (Phi) is 5.03. The van der Waals surface area contributed by atoms with Gasteiger partial charge in [-0.2, -0.15) is 5.10 Å². The van der Waals surface area contributed by atoms with E-state index in [9.17, 15) is 9.18 Å². The highest BCUT2D eigenvalue weighted by atomic mass is 35.5. The average molecular weight is 393 g/mol. The van der Waals surface area contributed by atoms with E-state index in [4.69, 9.17) is 27.9 Å². The normalized spacial score (nSPS) is 10.8. The summed E-state index contributed by atoms with van der Waals surface area (Å²) >= 11 is 12.6. The Bertz CT molecular complexity index is 1060. The van der Waals surface area contributed by atoms with E-state index in [1.807, 2.05) is 0 Å². The molecule has 0 unspecified atom stereocenters. The Hall–Kier alpha value is -2.37. The molecular formula is C19H15Cl2FN2O2. The topological polar surface area (TPSA) is 44.1 Å². The van der Waals surface area contributed by atoms with E-state index in [0.29, 0.717) is 38.7 Å². The van der Waals surface area contributed by atoms with Crippen LogP contribution in [0.1, 0.15) is 5.56 Å². The molecule has 26 heavy (non-hydrogen) atoms. The lowest BCUT2D eigenvalue weighted by Crippen LogP contribution is -2.23. The van der Waals surface area contributed by atoms with Crippen LogP contribution < -0.4 is 10.3 Å². The molecule has 1 heterocycles. The summed E-state index contributed by atoms with van der Waals surface area (Å²) in [6.45, 7) is 1.68. The second-order valence-corrected chi connectivity index (χ2v) is 6.56. The molecule has 0 aliphatic carbocycles. The molecule has 0 radical (unpaired) electrons. The van der Waals surface area contributed by atoms with Crippen molar-refractivity contribution in [3.8, 4) is 28.1 Å². The van der Waals surface area contributed by atoms with Crippen LogP contribution >= 0.6 is 23.2 Å². The van der Waals surface area contributed by atoms with Crippen molar-refractivity contribution in [2.45, 2.75) is 6.92 Å². The minimum atomic E-state index is -0.464. The molecule has 0 N–H and O–H groups in total. The zero-order valence-corrected chi connectivity index (χ0v) is 15.8. The quantitative estimate of drug-likeness (QED) is 0.637. The van der Waals surface area contributed by atoms with Gasteiger partial charge in [0, 0.05) is 29.3 Å². The summed E-state index contributed by atoms with van der Waals surface area (Å²) in [5, 5.41) is 5.02. The molecule has 0 saturated carbocycles. The van der Waals surface area contributed by atoms with Gasteiger partial charge in [0.2, 0.25) is 0 Å². The van der Waals surface area contributed by atoms with Crippen LogP contribution in [0.3, 0.4) is 0 Å². The van der Waals surface area contributed by atoms with Crippen LogP contribution in [-0.2, 0) is 7.05 Å². The Labute approximate surface area is 159 Å². The van der Waals surface area contributed by atoms with Crippen LogP contribution in [0.15, 0.2) is 41.2 Å². The summed E-state index contributed by atoms with van der Waals surface area (Å²) in [4.78, 5) is 12.5. The molecule has 0 atom stereocenters. The first kappa shape index (κ1) is 18.4. The van der Waals surface area contributed by atoms with E-state index < -0.39 is 5.82 Å². The highest BCUT2D eigenvalue weighted by Gasteiger charge is 2.21. The second-order valence-electron chi connectivity index (χ2n) is 5.75. The molecular weight excluding hydrogens is 378 g/mol. The summed E-state index contributed by atoms with van der Waals surface area (Å²) < 4.78 is 20.0. The third kappa shape index (κ3) is 3.20. The maximum atomic E-state index is 13.5. The molecule has 3 aromatic rings. The number of nitrogens with zero attached hydrogens (tertiary/aromatic N) is 2. The van der Waals surface area contributed by atoms with Crippen LogP contribution in [0, 0.1) is 12.7 Å². The number of rotatable bonds is 3. The first-order valence-electron chi connectivity index (χ1n) is 7.70. The van der Waals surface area contributed by atoms with E-state index in [0.717, 1.165) is 0 Å². The van der Waals surface area contributed by atoms with Crippen molar-refractivity contribution in [3.63, 3.8) is 0 Å². The SMILES string of the molecule is COc1ccc(Cl)c(-c2nn(C)c(=O)c(C)c2-c2ccc(F)cc2Cl)c1. The number of benzene rings is 2. The largest absolute Gasteiger partial charge is 0.497 e. The Morgan fingerprint density at radius 1 is 1.08 bits per heavy atom. The van der Waals surface area contributed by atoms with Crippen LogP contribution in [0.25, 0.3) is 22.4 Å². The predicted octanol–water partition coefficient (Wildman–Crippen LogP) is 4.88. The van der Waals surface area contributed by atoms with E-state index in [1.165, 1.54) is 22.9 Å². The molecule has 0 spiro atoms. The molecule has 0 amide bonds. The zero-order chi connectivity index (χ0) is 19.0. The van der Waals surface area contributed by atoms with Gasteiger partial charge >= 0.3 is 0 Å². The fraction of sp³-hybridized carbons (Fsp3) is 0.158. The second kappa shape index (κ2) is 7.09. The number of halogens is 3. The first-order chi connectivity index (χ1) is 12.3. The van der Waals surface area contributed by atoms with Crippen molar-refractivity contribution < 1.29 is 9.13 Å². The van der Waals surface area contributed by atoms with Gasteiger partial charge in [-0.15, -0.1) is 0 Å². The maximum Gasteiger partial charge on any atom is 0.270 e. The van der Waals surface area contributed by atoms with Gasteiger partial charge in [-0.05, 0) is 43.3 Å². The highest BCUT2D eigenvalue weighted by molar-refractivity contribution is 6.34. The fourth-order valence-corrected chi connectivity index (χ4v) is 3.26. The molecule has 3 rings (SSSR count). The van der Waals surface area contributed by atoms with Crippen LogP contribution in [0.4, 0.5) is 4.39 Å². The molecule has 0 aliphatic heterocycles. The number of hydrogen-bond acceptors (Lipinski definition) is 3. The van der Waals surface area contributed by atoms with Gasteiger partial charge in [-0.3, -0.25) is 4.79 Å². The lowest BCUT2D eigenvalue weighted by atomic mass is 9.96. The smallest absolute Gasteiger partial charge is 0.270 e. The number of aromatic nitrogens is 2. The van der Waals surface area contributed by atoms with Crippen LogP contribution in [-0.4, -0.2) is 16.9 Å². The van der Waals surface area contributed by atoms with Crippen molar-refractivity contribution in [2.24, 2.45) is 7.05 Å². The van der Waals surface area contributed by atoms with Crippen molar-refractivity contribution in [3.05, 3.63) is 68.2 Å². The predicted molar refractivity (Wildman–Crippen MR) is 102 cm³/mol. The van der Waals surface area contributed by atoms with Gasteiger partial charge < -0.3 is 4.74 Å². The van der Waals surface area contributed by atoms with Crippen molar-refractivity contribution >= 4 is 23.2 Å². The van der Waals surface area contributed by atoms with Gasteiger partial charge in [-0.25, -0.2) is 9.07 Å². The van der Waals surface area contributed by atoms with Crippen LogP contribution in [0.5, 0.6) is 5.75 Å². The minimum absolute atomic E-state index is 0.184. The van der Waals surface area contributed by atoms with Crippen molar-refractivity contribution in [1.29, 1.82) is 0 Å². The standard InChI is InChI=1S/C19H15Cl2FN2O2/c1-10-17(13-6-4-11(22)8-16(13)21)18(23-24(2)19(10)25)14-9-12(26-3)5-7-15(14)20/h4-9H,1-3H3. The van der Waals surface area contributed by atoms with Gasteiger partial charge in [-0.1, -0.05) is 23.2 Å². The molecule has 7 heteroatoms. The summed E-state index contributed by atoms with van der Waals surface area (Å²) in [7, 11) is 3.10. The van der Waals surface area contributed by atoms with Gasteiger partial charge in [0.05, 0.1) is 17.2 Å². The average Bonchev–Trinajstić information content (AvgIpc) is 2.61. The van der Waals surface area contributed by atoms with Gasteiger partial charge in [0.25, 0.3) is 5.56 Å². The number of ether oxygens (including phenoxy) is 1. The highest BCUT2D eigenvalue weighted by Crippen LogP contribution is 2.39. The van der Waals surface area contributed by atoms with E-state index in [1.54, 1.807) is 39.3 Å². The molecule has 1 aromatic heterocycles. The first-order valence-corrected chi connectivity index (χ1v) is 8.46. The molecule has 2 aromatic carbocycles. The number of methoxy groups -OCH3 is 1. The lowest BCUT2D eigenvalue weighted by Gasteiger charge is -2.16. The molecule has 0 saturated heterocycles. The number of hydrogen-bond donors (Lipinski definition) is 0. The molecule has 0 fully saturated rings. The molecule has 0 aliphatic rings. The van der Waals surface area contributed by atoms with Crippen LogP contribution in [0.2, 0.25) is 10.0 Å². The van der Waals surface area contributed by atoms with E-state index >= 15 is 0 Å². The minimum Gasteiger partial charge on any atom is -0.497 e. The Morgan fingerprint density at radius 3 is 2.46 bits per heavy atom. The monoisotopic (exact) mass is 392 g/mol. The van der Waals surface area contributed by atoms with Crippen molar-refractivity contribution in [1.82, 2.24) is 9.78 Å². The Morgan fingerprint density at radius 2 is 1.81 bits per heavy atom.